The van der Waals surface area contributed by atoms with Gasteiger partial charge < -0.3 is 15.5 Å². The molecule has 0 bridgehead atoms. The second kappa shape index (κ2) is 7.47. The van der Waals surface area contributed by atoms with Crippen LogP contribution in [0.5, 0.6) is 5.75 Å². The molecule has 0 radical (unpaired) electrons. The number of phenolic OH excluding ortho intramolecular Hbond substituents is 1. The number of halogens is 3. The SMILES string of the molecule is Oc1cc(C(F)(F)F)ccc1-c1nnc(N[C@@H]2CCC[C@@H](O)C2)c2cnccc12. The number of nitrogens with one attached hydrogen (secondary N) is 1. The minimum absolute atomic E-state index is 0.0433. The second-order valence-electron chi connectivity index (χ2n) is 7.21. The molecular weight excluding hydrogens is 385 g/mol. The molecule has 1 aliphatic carbocycles. The lowest BCUT2D eigenvalue weighted by atomic mass is 9.93. The first kappa shape index (κ1) is 19.4. The summed E-state index contributed by atoms with van der Waals surface area (Å²) in [4.78, 5) is 4.12. The fraction of sp³-hybridized carbons (Fsp3) is 0.350. The largest absolute Gasteiger partial charge is 0.507 e. The van der Waals surface area contributed by atoms with Crippen molar-refractivity contribution in [1.82, 2.24) is 15.2 Å². The van der Waals surface area contributed by atoms with Crippen LogP contribution in [-0.4, -0.2) is 37.5 Å². The number of phenols is 1. The fourth-order valence-electron chi connectivity index (χ4n) is 3.70. The van der Waals surface area contributed by atoms with Crippen molar-refractivity contribution in [2.75, 3.05) is 5.32 Å². The Morgan fingerprint density at radius 1 is 1.07 bits per heavy atom. The van der Waals surface area contributed by atoms with Crippen LogP contribution in [0.25, 0.3) is 22.0 Å². The summed E-state index contributed by atoms with van der Waals surface area (Å²) in [5.41, 5.74) is -0.518. The molecule has 0 unspecified atom stereocenters. The maximum absolute atomic E-state index is 12.9. The molecule has 9 heteroatoms. The van der Waals surface area contributed by atoms with Gasteiger partial charge in [-0.25, -0.2) is 0 Å². The van der Waals surface area contributed by atoms with Gasteiger partial charge in [0.25, 0.3) is 0 Å². The highest BCUT2D eigenvalue weighted by Crippen LogP contribution is 2.38. The molecule has 1 fully saturated rings. The second-order valence-corrected chi connectivity index (χ2v) is 7.21. The average Bonchev–Trinajstić information content (AvgIpc) is 2.68. The van der Waals surface area contributed by atoms with Crippen LogP contribution in [0, 0.1) is 0 Å². The molecule has 0 saturated heterocycles. The minimum atomic E-state index is -4.55. The lowest BCUT2D eigenvalue weighted by molar-refractivity contribution is -0.137. The third-order valence-corrected chi connectivity index (χ3v) is 5.15. The van der Waals surface area contributed by atoms with Crippen LogP contribution >= 0.6 is 0 Å². The number of fused-ring (bicyclic) bond motifs is 1. The summed E-state index contributed by atoms with van der Waals surface area (Å²) in [5.74, 6) is -0.0364. The Labute approximate surface area is 164 Å². The number of pyridine rings is 1. The summed E-state index contributed by atoms with van der Waals surface area (Å²) in [6, 6.07) is 4.49. The van der Waals surface area contributed by atoms with Gasteiger partial charge in [0.1, 0.15) is 11.4 Å². The number of alkyl halides is 3. The number of anilines is 1. The van der Waals surface area contributed by atoms with Crippen molar-refractivity contribution in [3.8, 4) is 17.0 Å². The van der Waals surface area contributed by atoms with Crippen LogP contribution in [0.3, 0.4) is 0 Å². The highest BCUT2D eigenvalue weighted by Gasteiger charge is 2.31. The van der Waals surface area contributed by atoms with Gasteiger partial charge >= 0.3 is 6.18 Å². The number of rotatable bonds is 3. The van der Waals surface area contributed by atoms with Gasteiger partial charge in [-0.3, -0.25) is 4.98 Å². The molecule has 29 heavy (non-hydrogen) atoms. The molecule has 152 valence electrons. The number of benzene rings is 1. The van der Waals surface area contributed by atoms with Gasteiger partial charge in [0.05, 0.1) is 11.7 Å². The zero-order valence-electron chi connectivity index (χ0n) is 15.3. The van der Waals surface area contributed by atoms with Gasteiger partial charge in [-0.2, -0.15) is 13.2 Å². The van der Waals surface area contributed by atoms with Gasteiger partial charge in [-0.05, 0) is 49.9 Å². The van der Waals surface area contributed by atoms with Crippen molar-refractivity contribution >= 4 is 16.6 Å². The van der Waals surface area contributed by atoms with E-state index in [1.54, 1.807) is 18.5 Å². The van der Waals surface area contributed by atoms with Gasteiger partial charge in [0, 0.05) is 34.8 Å². The molecule has 1 aliphatic rings. The van der Waals surface area contributed by atoms with E-state index in [0.717, 1.165) is 25.3 Å². The number of nitrogens with zero attached hydrogens (tertiary/aromatic N) is 3. The van der Waals surface area contributed by atoms with E-state index >= 15 is 0 Å². The predicted octanol–water partition coefficient (Wildman–Crippen LogP) is 4.13. The Hall–Kier alpha value is -2.94. The minimum Gasteiger partial charge on any atom is -0.507 e. The highest BCUT2D eigenvalue weighted by atomic mass is 19.4. The number of hydrogen-bond donors (Lipinski definition) is 3. The molecule has 1 saturated carbocycles. The van der Waals surface area contributed by atoms with Crippen molar-refractivity contribution in [1.29, 1.82) is 0 Å². The Bertz CT molecular complexity index is 1040. The van der Waals surface area contributed by atoms with E-state index in [1.807, 2.05) is 0 Å². The van der Waals surface area contributed by atoms with Crippen molar-refractivity contribution in [2.45, 2.75) is 44.0 Å². The van der Waals surface area contributed by atoms with E-state index in [1.165, 1.54) is 6.07 Å². The van der Waals surface area contributed by atoms with Crippen LogP contribution in [-0.2, 0) is 6.18 Å². The van der Waals surface area contributed by atoms with Crippen molar-refractivity contribution < 1.29 is 23.4 Å². The third kappa shape index (κ3) is 3.95. The average molecular weight is 404 g/mol. The standard InChI is InChI=1S/C20H19F3N4O2/c21-20(22,23)11-4-5-15(17(29)8-11)18-14-6-7-24-10-16(14)19(27-26-18)25-12-2-1-3-13(28)9-12/h4-8,10,12-13,28-29H,1-3,9H2,(H,25,27)/t12-,13-/m1/s1. The molecule has 2 aromatic heterocycles. The topological polar surface area (TPSA) is 91.2 Å². The zero-order chi connectivity index (χ0) is 20.6. The number of aromatic nitrogens is 3. The monoisotopic (exact) mass is 404 g/mol. The Morgan fingerprint density at radius 2 is 1.90 bits per heavy atom. The first-order chi connectivity index (χ1) is 13.8. The van der Waals surface area contributed by atoms with Gasteiger partial charge in [0.15, 0.2) is 5.82 Å². The molecular formula is C20H19F3N4O2. The van der Waals surface area contributed by atoms with Crippen LogP contribution in [0.2, 0.25) is 0 Å². The fourth-order valence-corrected chi connectivity index (χ4v) is 3.70. The predicted molar refractivity (Wildman–Crippen MR) is 101 cm³/mol. The first-order valence-corrected chi connectivity index (χ1v) is 9.28. The van der Waals surface area contributed by atoms with E-state index in [9.17, 15) is 23.4 Å². The molecule has 0 spiro atoms. The molecule has 1 aromatic carbocycles. The molecule has 0 aliphatic heterocycles. The van der Waals surface area contributed by atoms with Gasteiger partial charge in [0.2, 0.25) is 0 Å². The van der Waals surface area contributed by atoms with E-state index in [0.29, 0.717) is 29.1 Å². The summed E-state index contributed by atoms with van der Waals surface area (Å²) in [6.45, 7) is 0. The van der Waals surface area contributed by atoms with Crippen LogP contribution < -0.4 is 5.32 Å². The highest BCUT2D eigenvalue weighted by molar-refractivity contribution is 6.00. The number of aliphatic hydroxyl groups excluding tert-OH is 1. The third-order valence-electron chi connectivity index (χ3n) is 5.15. The maximum Gasteiger partial charge on any atom is 0.416 e. The van der Waals surface area contributed by atoms with Crippen molar-refractivity contribution in [3.05, 3.63) is 42.2 Å². The number of aromatic hydroxyl groups is 1. The Balaban J connectivity index is 1.74. The Morgan fingerprint density at radius 3 is 2.62 bits per heavy atom. The quantitative estimate of drug-likeness (QED) is 0.608. The van der Waals surface area contributed by atoms with Crippen LogP contribution in [0.1, 0.15) is 31.2 Å². The van der Waals surface area contributed by atoms with Crippen molar-refractivity contribution in [2.24, 2.45) is 0 Å². The van der Waals surface area contributed by atoms with E-state index in [2.05, 4.69) is 20.5 Å². The molecule has 6 nitrogen and oxygen atoms in total. The number of aliphatic hydroxyl groups is 1. The molecule has 3 aromatic rings. The van der Waals surface area contributed by atoms with Crippen molar-refractivity contribution in [3.63, 3.8) is 0 Å². The molecule has 2 heterocycles. The van der Waals surface area contributed by atoms with Gasteiger partial charge in [-0.1, -0.05) is 0 Å². The summed E-state index contributed by atoms with van der Waals surface area (Å²) in [7, 11) is 0. The van der Waals surface area contributed by atoms with Gasteiger partial charge in [-0.15, -0.1) is 10.2 Å². The van der Waals surface area contributed by atoms with Crippen LogP contribution in [0.15, 0.2) is 36.7 Å². The Kier molecular flexibility index (Phi) is 4.99. The van der Waals surface area contributed by atoms with E-state index in [-0.39, 0.29) is 23.4 Å². The molecule has 3 N–H and O–H groups in total. The number of hydrogen-bond acceptors (Lipinski definition) is 6. The summed E-state index contributed by atoms with van der Waals surface area (Å²) >= 11 is 0. The molecule has 2 atom stereocenters. The summed E-state index contributed by atoms with van der Waals surface area (Å²) < 4.78 is 38.7. The zero-order valence-corrected chi connectivity index (χ0v) is 15.3. The van der Waals surface area contributed by atoms with E-state index < -0.39 is 17.5 Å². The lowest BCUT2D eigenvalue weighted by Crippen LogP contribution is -2.30. The summed E-state index contributed by atoms with van der Waals surface area (Å²) in [5, 5.41) is 33.0. The normalized spacial score (nSPS) is 20.0. The molecule has 4 rings (SSSR count). The van der Waals surface area contributed by atoms with E-state index in [4.69, 9.17) is 0 Å². The molecule has 0 amide bonds. The lowest BCUT2D eigenvalue weighted by Gasteiger charge is -2.27. The maximum atomic E-state index is 12.9. The first-order valence-electron chi connectivity index (χ1n) is 9.28. The van der Waals surface area contributed by atoms with Crippen LogP contribution in [0.4, 0.5) is 19.0 Å². The summed E-state index contributed by atoms with van der Waals surface area (Å²) in [6.07, 6.45) is 1.40. The smallest absolute Gasteiger partial charge is 0.416 e.